The number of nitro groups is 1. The molecule has 0 amide bonds. The average molecular weight is 235 g/mol. The minimum atomic E-state index is -0.364. The van der Waals surface area contributed by atoms with Crippen LogP contribution < -0.4 is 4.90 Å². The Morgan fingerprint density at radius 3 is 2.47 bits per heavy atom. The summed E-state index contributed by atoms with van der Waals surface area (Å²) >= 11 is 0. The van der Waals surface area contributed by atoms with Crippen LogP contribution in [0.3, 0.4) is 0 Å². The number of piperazine rings is 1. The van der Waals surface area contributed by atoms with Crippen LogP contribution in [0, 0.1) is 10.1 Å². The Morgan fingerprint density at radius 1 is 1.29 bits per heavy atom. The molecule has 0 spiro atoms. The summed E-state index contributed by atoms with van der Waals surface area (Å²) in [4.78, 5) is 14.8. The van der Waals surface area contributed by atoms with E-state index >= 15 is 0 Å². The lowest BCUT2D eigenvalue weighted by molar-refractivity contribution is -0.384. The number of benzene rings is 1. The van der Waals surface area contributed by atoms with Crippen LogP contribution in [0.2, 0.25) is 0 Å². The number of rotatable bonds is 2. The first kappa shape index (κ1) is 11.9. The quantitative estimate of drug-likeness (QED) is 0.578. The van der Waals surface area contributed by atoms with E-state index in [-0.39, 0.29) is 10.6 Å². The van der Waals surface area contributed by atoms with E-state index in [0.717, 1.165) is 25.3 Å². The Bertz CT molecular complexity index is 405. The van der Waals surface area contributed by atoms with Gasteiger partial charge in [0.15, 0.2) is 0 Å². The van der Waals surface area contributed by atoms with Crippen LogP contribution in [0.15, 0.2) is 24.3 Å². The predicted octanol–water partition coefficient (Wildman–Crippen LogP) is 1.74. The molecule has 1 saturated heterocycles. The third-order valence-corrected chi connectivity index (χ3v) is 3.22. The maximum absolute atomic E-state index is 10.6. The molecule has 5 heteroatoms. The fourth-order valence-electron chi connectivity index (χ4n) is 2.29. The molecule has 17 heavy (non-hydrogen) atoms. The molecule has 0 aliphatic carbocycles. The number of likely N-dealkylation sites (N-methyl/N-ethyl adjacent to an activating group) is 1. The van der Waals surface area contributed by atoms with Crippen LogP contribution in [0.4, 0.5) is 11.4 Å². The molecule has 1 fully saturated rings. The van der Waals surface area contributed by atoms with Gasteiger partial charge in [0.05, 0.1) is 4.92 Å². The number of anilines is 1. The molecule has 1 aromatic rings. The zero-order valence-corrected chi connectivity index (χ0v) is 10.2. The van der Waals surface area contributed by atoms with E-state index in [4.69, 9.17) is 0 Å². The topological polar surface area (TPSA) is 49.6 Å². The van der Waals surface area contributed by atoms with Gasteiger partial charge in [-0.3, -0.25) is 10.1 Å². The Balaban J connectivity index is 2.14. The van der Waals surface area contributed by atoms with Crippen molar-refractivity contribution in [2.45, 2.75) is 13.0 Å². The smallest absolute Gasteiger partial charge is 0.269 e. The number of nitrogens with zero attached hydrogens (tertiary/aromatic N) is 3. The fraction of sp³-hybridized carbons (Fsp3) is 0.500. The van der Waals surface area contributed by atoms with Crippen LogP contribution in [0.5, 0.6) is 0 Å². The van der Waals surface area contributed by atoms with E-state index in [0.29, 0.717) is 6.04 Å². The highest BCUT2D eigenvalue weighted by Gasteiger charge is 2.21. The summed E-state index contributed by atoms with van der Waals surface area (Å²) in [6.45, 7) is 5.20. The molecule has 0 N–H and O–H groups in total. The molecule has 1 atom stereocenters. The van der Waals surface area contributed by atoms with Crippen molar-refractivity contribution >= 4 is 11.4 Å². The molecule has 1 aliphatic rings. The summed E-state index contributed by atoms with van der Waals surface area (Å²) in [6.07, 6.45) is 0. The van der Waals surface area contributed by atoms with Crippen LogP contribution >= 0.6 is 0 Å². The summed E-state index contributed by atoms with van der Waals surface area (Å²) in [7, 11) is 2.11. The molecular weight excluding hydrogens is 218 g/mol. The van der Waals surface area contributed by atoms with Gasteiger partial charge in [-0.2, -0.15) is 0 Å². The second kappa shape index (κ2) is 4.71. The molecule has 0 aromatic heterocycles. The van der Waals surface area contributed by atoms with Crippen LogP contribution in [-0.4, -0.2) is 42.5 Å². The monoisotopic (exact) mass is 235 g/mol. The maximum Gasteiger partial charge on any atom is 0.269 e. The van der Waals surface area contributed by atoms with Gasteiger partial charge >= 0.3 is 0 Å². The molecule has 1 aromatic carbocycles. The molecule has 92 valence electrons. The lowest BCUT2D eigenvalue weighted by atomic mass is 10.1. The number of hydrogen-bond acceptors (Lipinski definition) is 4. The van der Waals surface area contributed by atoms with Crippen molar-refractivity contribution in [3.63, 3.8) is 0 Å². The molecule has 0 bridgehead atoms. The number of non-ortho nitro benzene ring substituents is 1. The first-order chi connectivity index (χ1) is 8.08. The highest BCUT2D eigenvalue weighted by Crippen LogP contribution is 2.22. The van der Waals surface area contributed by atoms with E-state index in [1.165, 1.54) is 0 Å². The lowest BCUT2D eigenvalue weighted by Crippen LogP contribution is -2.50. The zero-order valence-electron chi connectivity index (χ0n) is 10.2. The van der Waals surface area contributed by atoms with Crippen LogP contribution in [0.1, 0.15) is 6.92 Å². The van der Waals surface area contributed by atoms with Gasteiger partial charge in [-0.1, -0.05) is 0 Å². The predicted molar refractivity (Wildman–Crippen MR) is 67.4 cm³/mol. The molecule has 1 heterocycles. The number of hydrogen-bond donors (Lipinski definition) is 0. The van der Waals surface area contributed by atoms with Gasteiger partial charge in [-0.15, -0.1) is 0 Å². The molecule has 0 saturated carbocycles. The third-order valence-electron chi connectivity index (χ3n) is 3.22. The van der Waals surface area contributed by atoms with E-state index in [9.17, 15) is 10.1 Å². The Hall–Kier alpha value is -1.62. The van der Waals surface area contributed by atoms with Crippen LogP contribution in [-0.2, 0) is 0 Å². The Labute approximate surface area is 101 Å². The fourth-order valence-corrected chi connectivity index (χ4v) is 2.29. The van der Waals surface area contributed by atoms with Gasteiger partial charge in [-0.25, -0.2) is 0 Å². The van der Waals surface area contributed by atoms with Gasteiger partial charge in [-0.05, 0) is 26.1 Å². The summed E-state index contributed by atoms with van der Waals surface area (Å²) in [5.41, 5.74) is 1.21. The molecule has 5 nitrogen and oxygen atoms in total. The maximum atomic E-state index is 10.6. The number of nitro benzene ring substituents is 1. The second-order valence-electron chi connectivity index (χ2n) is 4.58. The average Bonchev–Trinajstić information content (AvgIpc) is 2.29. The SMILES string of the molecule is CC1CN(C)CCN1c1ccc([N+](=O)[O-])cc1. The minimum absolute atomic E-state index is 0.149. The summed E-state index contributed by atoms with van der Waals surface area (Å²) in [6, 6.07) is 7.25. The van der Waals surface area contributed by atoms with Gasteiger partial charge in [0, 0.05) is 43.5 Å². The summed E-state index contributed by atoms with van der Waals surface area (Å²) < 4.78 is 0. The third kappa shape index (κ3) is 2.55. The Morgan fingerprint density at radius 2 is 1.94 bits per heavy atom. The van der Waals surface area contributed by atoms with E-state index in [1.54, 1.807) is 12.1 Å². The van der Waals surface area contributed by atoms with Crippen molar-refractivity contribution in [1.82, 2.24) is 4.90 Å². The van der Waals surface area contributed by atoms with Crippen molar-refractivity contribution in [2.24, 2.45) is 0 Å². The van der Waals surface area contributed by atoms with E-state index < -0.39 is 0 Å². The molecule has 1 aliphatic heterocycles. The standard InChI is InChI=1S/C12H17N3O2/c1-10-9-13(2)7-8-14(10)11-3-5-12(6-4-11)15(16)17/h3-6,10H,7-9H2,1-2H3. The largest absolute Gasteiger partial charge is 0.366 e. The highest BCUT2D eigenvalue weighted by atomic mass is 16.6. The summed E-state index contributed by atoms with van der Waals surface area (Å²) in [5.74, 6) is 0. The van der Waals surface area contributed by atoms with Crippen molar-refractivity contribution < 1.29 is 4.92 Å². The van der Waals surface area contributed by atoms with Crippen molar-refractivity contribution in [2.75, 3.05) is 31.6 Å². The van der Waals surface area contributed by atoms with Gasteiger partial charge in [0.2, 0.25) is 0 Å². The van der Waals surface area contributed by atoms with Crippen LogP contribution in [0.25, 0.3) is 0 Å². The highest BCUT2D eigenvalue weighted by molar-refractivity contribution is 5.52. The zero-order chi connectivity index (χ0) is 12.4. The van der Waals surface area contributed by atoms with Crippen molar-refractivity contribution in [1.29, 1.82) is 0 Å². The van der Waals surface area contributed by atoms with Gasteiger partial charge in [0.1, 0.15) is 0 Å². The molecule has 0 radical (unpaired) electrons. The van der Waals surface area contributed by atoms with Crippen molar-refractivity contribution in [3.05, 3.63) is 34.4 Å². The Kier molecular flexibility index (Phi) is 3.28. The molecule has 2 rings (SSSR count). The second-order valence-corrected chi connectivity index (χ2v) is 4.58. The van der Waals surface area contributed by atoms with Crippen molar-refractivity contribution in [3.8, 4) is 0 Å². The first-order valence-corrected chi connectivity index (χ1v) is 5.77. The van der Waals surface area contributed by atoms with Gasteiger partial charge < -0.3 is 9.80 Å². The minimum Gasteiger partial charge on any atom is -0.366 e. The molecular formula is C12H17N3O2. The molecule has 1 unspecified atom stereocenters. The first-order valence-electron chi connectivity index (χ1n) is 5.77. The summed E-state index contributed by atoms with van der Waals surface area (Å²) in [5, 5.41) is 10.6. The normalized spacial score (nSPS) is 21.5. The lowest BCUT2D eigenvalue weighted by Gasteiger charge is -2.39. The van der Waals surface area contributed by atoms with Gasteiger partial charge in [0.25, 0.3) is 5.69 Å². The van der Waals surface area contributed by atoms with E-state index in [2.05, 4.69) is 23.8 Å². The van der Waals surface area contributed by atoms with E-state index in [1.807, 2.05) is 12.1 Å².